The van der Waals surface area contributed by atoms with Crippen molar-refractivity contribution in [1.29, 1.82) is 0 Å². The molecule has 0 spiro atoms. The molecule has 0 aliphatic heterocycles. The molecule has 15 heavy (non-hydrogen) atoms. The molecule has 78 valence electrons. The number of benzene rings is 1. The highest BCUT2D eigenvalue weighted by Crippen LogP contribution is 2.20. The minimum Gasteiger partial charge on any atom is -0.314 e. The molecule has 2 rings (SSSR count). The molecule has 1 aromatic heterocycles. The van der Waals surface area contributed by atoms with Crippen molar-refractivity contribution in [2.45, 2.75) is 6.54 Å². The number of hydrogen-bond donors (Lipinski definition) is 1. The summed E-state index contributed by atoms with van der Waals surface area (Å²) in [4.78, 5) is 4.12. The minimum atomic E-state index is 0.729. The van der Waals surface area contributed by atoms with Crippen molar-refractivity contribution in [3.63, 3.8) is 0 Å². The first kappa shape index (κ1) is 10.2. The summed E-state index contributed by atoms with van der Waals surface area (Å²) in [5.41, 5.74) is 2.05. The van der Waals surface area contributed by atoms with E-state index in [-0.39, 0.29) is 0 Å². The molecule has 0 saturated carbocycles. The van der Waals surface area contributed by atoms with Gasteiger partial charge in [0.2, 0.25) is 0 Å². The van der Waals surface area contributed by atoms with E-state index in [2.05, 4.69) is 10.3 Å². The summed E-state index contributed by atoms with van der Waals surface area (Å²) in [5, 5.41) is 3.83. The van der Waals surface area contributed by atoms with Gasteiger partial charge in [0.05, 0.1) is 22.7 Å². The molecular formula is C11H12ClN3. The van der Waals surface area contributed by atoms with Gasteiger partial charge in [-0.2, -0.15) is 0 Å². The number of halogens is 1. The van der Waals surface area contributed by atoms with E-state index in [4.69, 9.17) is 11.6 Å². The van der Waals surface area contributed by atoms with Gasteiger partial charge in [-0.25, -0.2) is 4.98 Å². The van der Waals surface area contributed by atoms with Gasteiger partial charge in [-0.05, 0) is 19.2 Å². The van der Waals surface area contributed by atoms with Crippen LogP contribution >= 0.6 is 11.6 Å². The molecule has 0 aliphatic carbocycles. The third-order valence-corrected chi connectivity index (χ3v) is 2.50. The molecule has 4 heteroatoms. The van der Waals surface area contributed by atoms with E-state index in [0.29, 0.717) is 0 Å². The predicted octanol–water partition coefficient (Wildman–Crippen LogP) is 2.25. The molecule has 0 amide bonds. The minimum absolute atomic E-state index is 0.729. The number of aromatic nitrogens is 2. The SMILES string of the molecule is CNCc1cncn1-c1ccccc1Cl. The first-order valence-corrected chi connectivity index (χ1v) is 5.11. The van der Waals surface area contributed by atoms with Crippen LogP contribution in [0.4, 0.5) is 0 Å². The summed E-state index contributed by atoms with van der Waals surface area (Å²) in [6, 6.07) is 7.73. The van der Waals surface area contributed by atoms with E-state index in [1.165, 1.54) is 0 Å². The maximum atomic E-state index is 6.12. The van der Waals surface area contributed by atoms with E-state index in [1.807, 2.05) is 42.1 Å². The molecule has 0 radical (unpaired) electrons. The van der Waals surface area contributed by atoms with Crippen molar-refractivity contribution >= 4 is 11.6 Å². The van der Waals surface area contributed by atoms with Crippen molar-refractivity contribution in [2.75, 3.05) is 7.05 Å². The van der Waals surface area contributed by atoms with Crippen molar-refractivity contribution in [3.8, 4) is 5.69 Å². The van der Waals surface area contributed by atoms with Gasteiger partial charge in [-0.15, -0.1) is 0 Å². The Bertz CT molecular complexity index is 451. The lowest BCUT2D eigenvalue weighted by atomic mass is 10.3. The van der Waals surface area contributed by atoms with Crippen LogP contribution in [0.1, 0.15) is 5.69 Å². The molecule has 3 nitrogen and oxygen atoms in total. The number of nitrogens with zero attached hydrogens (tertiary/aromatic N) is 2. The molecule has 1 heterocycles. The van der Waals surface area contributed by atoms with Crippen molar-refractivity contribution < 1.29 is 0 Å². The standard InChI is InChI=1S/C11H12ClN3/c1-13-6-9-7-14-8-15(9)11-5-3-2-4-10(11)12/h2-5,7-8,13H,6H2,1H3. The second kappa shape index (κ2) is 4.47. The lowest BCUT2D eigenvalue weighted by Gasteiger charge is -2.08. The highest BCUT2D eigenvalue weighted by molar-refractivity contribution is 6.32. The maximum absolute atomic E-state index is 6.12. The summed E-state index contributed by atoms with van der Waals surface area (Å²) in [7, 11) is 1.91. The van der Waals surface area contributed by atoms with E-state index in [1.54, 1.807) is 6.33 Å². The third-order valence-electron chi connectivity index (χ3n) is 2.19. The Kier molecular flexibility index (Phi) is 3.04. The van der Waals surface area contributed by atoms with Gasteiger partial charge in [0.1, 0.15) is 0 Å². The van der Waals surface area contributed by atoms with Crippen molar-refractivity contribution in [1.82, 2.24) is 14.9 Å². The molecular weight excluding hydrogens is 210 g/mol. The molecule has 0 saturated heterocycles. The van der Waals surface area contributed by atoms with Gasteiger partial charge in [0.15, 0.2) is 0 Å². The Balaban J connectivity index is 2.45. The first-order chi connectivity index (χ1) is 7.33. The number of imidazole rings is 1. The summed E-state index contributed by atoms with van der Waals surface area (Å²) < 4.78 is 1.98. The van der Waals surface area contributed by atoms with Crippen LogP contribution < -0.4 is 5.32 Å². The molecule has 2 aromatic rings. The van der Waals surface area contributed by atoms with E-state index >= 15 is 0 Å². The van der Waals surface area contributed by atoms with Crippen LogP contribution in [0.3, 0.4) is 0 Å². The zero-order valence-electron chi connectivity index (χ0n) is 8.44. The van der Waals surface area contributed by atoms with Gasteiger partial charge in [-0.3, -0.25) is 0 Å². The van der Waals surface area contributed by atoms with E-state index in [9.17, 15) is 0 Å². The van der Waals surface area contributed by atoms with Crippen LogP contribution in [0, 0.1) is 0 Å². The number of hydrogen-bond acceptors (Lipinski definition) is 2. The van der Waals surface area contributed by atoms with Crippen molar-refractivity contribution in [3.05, 3.63) is 47.5 Å². The molecule has 0 fully saturated rings. The van der Waals surface area contributed by atoms with Gasteiger partial charge in [0.25, 0.3) is 0 Å². The van der Waals surface area contributed by atoms with Crippen LogP contribution in [0.5, 0.6) is 0 Å². The van der Waals surface area contributed by atoms with Crippen LogP contribution in [0.25, 0.3) is 5.69 Å². The smallest absolute Gasteiger partial charge is 0.0995 e. The zero-order chi connectivity index (χ0) is 10.7. The summed E-state index contributed by atoms with van der Waals surface area (Å²) >= 11 is 6.12. The van der Waals surface area contributed by atoms with Gasteiger partial charge in [-0.1, -0.05) is 23.7 Å². The highest BCUT2D eigenvalue weighted by Gasteiger charge is 2.05. The third kappa shape index (κ3) is 2.03. The number of para-hydroxylation sites is 1. The molecule has 0 atom stereocenters. The lowest BCUT2D eigenvalue weighted by Crippen LogP contribution is -2.09. The van der Waals surface area contributed by atoms with Crippen LogP contribution in [-0.2, 0) is 6.54 Å². The Hall–Kier alpha value is -1.32. The summed E-state index contributed by atoms with van der Waals surface area (Å²) in [6.07, 6.45) is 3.60. The summed E-state index contributed by atoms with van der Waals surface area (Å²) in [6.45, 7) is 0.769. The average molecular weight is 222 g/mol. The van der Waals surface area contributed by atoms with Crippen LogP contribution in [0.15, 0.2) is 36.8 Å². The lowest BCUT2D eigenvalue weighted by molar-refractivity contribution is 0.768. The predicted molar refractivity (Wildman–Crippen MR) is 61.3 cm³/mol. The highest BCUT2D eigenvalue weighted by atomic mass is 35.5. The monoisotopic (exact) mass is 221 g/mol. The Morgan fingerprint density at radius 2 is 2.20 bits per heavy atom. The maximum Gasteiger partial charge on any atom is 0.0995 e. The largest absolute Gasteiger partial charge is 0.314 e. The molecule has 0 bridgehead atoms. The fraction of sp³-hybridized carbons (Fsp3) is 0.182. The second-order valence-corrected chi connectivity index (χ2v) is 3.64. The number of nitrogens with one attached hydrogen (secondary N) is 1. The van der Waals surface area contributed by atoms with Crippen molar-refractivity contribution in [2.24, 2.45) is 0 Å². The molecule has 1 aromatic carbocycles. The van der Waals surface area contributed by atoms with Gasteiger partial charge < -0.3 is 9.88 Å². The number of rotatable bonds is 3. The average Bonchev–Trinajstić information content (AvgIpc) is 2.67. The van der Waals surface area contributed by atoms with Gasteiger partial charge >= 0.3 is 0 Å². The molecule has 1 N–H and O–H groups in total. The van der Waals surface area contributed by atoms with Crippen LogP contribution in [0.2, 0.25) is 5.02 Å². The second-order valence-electron chi connectivity index (χ2n) is 3.24. The fourth-order valence-corrected chi connectivity index (χ4v) is 1.73. The van der Waals surface area contributed by atoms with E-state index < -0.39 is 0 Å². The molecule has 0 aliphatic rings. The quantitative estimate of drug-likeness (QED) is 0.862. The first-order valence-electron chi connectivity index (χ1n) is 4.73. The fourth-order valence-electron chi connectivity index (χ4n) is 1.50. The Morgan fingerprint density at radius 3 is 2.93 bits per heavy atom. The normalized spacial score (nSPS) is 10.5. The van der Waals surface area contributed by atoms with Crippen LogP contribution in [-0.4, -0.2) is 16.6 Å². The van der Waals surface area contributed by atoms with Gasteiger partial charge in [0, 0.05) is 12.7 Å². The summed E-state index contributed by atoms with van der Waals surface area (Å²) in [5.74, 6) is 0. The molecule has 0 unspecified atom stereocenters. The zero-order valence-corrected chi connectivity index (χ0v) is 9.20. The Morgan fingerprint density at radius 1 is 1.40 bits per heavy atom. The Labute approximate surface area is 93.7 Å². The van der Waals surface area contributed by atoms with E-state index in [0.717, 1.165) is 22.9 Å². The topological polar surface area (TPSA) is 29.9 Å².